The van der Waals surface area contributed by atoms with Gasteiger partial charge in [-0.1, -0.05) is 20.3 Å². The molecule has 0 bridgehead atoms. The Morgan fingerprint density at radius 2 is 1.73 bits per heavy atom. The number of carbonyl (C=O) groups is 2. The Hall–Kier alpha value is -2.25. The summed E-state index contributed by atoms with van der Waals surface area (Å²) >= 11 is 0. The van der Waals surface area contributed by atoms with Gasteiger partial charge in [0.1, 0.15) is 48.0 Å². The molecule has 226 valence electrons. The molecule has 3 rings (SSSR count). The van der Waals surface area contributed by atoms with E-state index in [0.717, 1.165) is 32.1 Å². The number of rotatable bonds is 12. The molecule has 1 aromatic rings. The van der Waals surface area contributed by atoms with E-state index in [2.05, 4.69) is 10.4 Å². The zero-order valence-corrected chi connectivity index (χ0v) is 24.1. The predicted octanol–water partition coefficient (Wildman–Crippen LogP) is 1.63. The molecule has 1 saturated carbocycles. The molecule has 7 atom stereocenters. The first-order chi connectivity index (χ1) is 19.0. The summed E-state index contributed by atoms with van der Waals surface area (Å²) in [6.07, 6.45) is -2.09. The Morgan fingerprint density at radius 1 is 1.10 bits per heavy atom. The molecule has 13 nitrogen and oxygen atoms in total. The first kappa shape index (κ1) is 32.3. The van der Waals surface area contributed by atoms with Crippen LogP contribution in [0.3, 0.4) is 0 Å². The van der Waals surface area contributed by atoms with Crippen LogP contribution in [0.2, 0.25) is 0 Å². The molecule has 5 N–H and O–H groups in total. The van der Waals surface area contributed by atoms with Crippen molar-refractivity contribution in [1.29, 1.82) is 0 Å². The maximum Gasteiger partial charge on any atom is 0.459 e. The minimum atomic E-state index is -4.58. The number of aliphatic hydroxyl groups excluding tert-OH is 3. The maximum absolute atomic E-state index is 14.4. The first-order valence-electron chi connectivity index (χ1n) is 13.5. The van der Waals surface area contributed by atoms with Gasteiger partial charge >= 0.3 is 13.7 Å². The van der Waals surface area contributed by atoms with E-state index in [4.69, 9.17) is 23.3 Å². The molecule has 0 aromatic heterocycles. The topological polar surface area (TPSA) is 182 Å². The fourth-order valence-electron chi connectivity index (χ4n) is 4.68. The van der Waals surface area contributed by atoms with Crippen LogP contribution in [0.25, 0.3) is 0 Å². The molecule has 1 aliphatic heterocycles. The van der Waals surface area contributed by atoms with Crippen LogP contribution in [-0.2, 0) is 28.2 Å². The lowest BCUT2D eigenvalue weighted by atomic mass is 9.97. The third-order valence-corrected chi connectivity index (χ3v) is 8.41. The highest BCUT2D eigenvalue weighted by molar-refractivity contribution is 7.52. The van der Waals surface area contributed by atoms with E-state index in [-0.39, 0.29) is 11.9 Å². The molecule has 2 aliphatic rings. The van der Waals surface area contributed by atoms with Gasteiger partial charge in [0.15, 0.2) is 6.29 Å². The average molecular weight is 589 g/mol. The second-order valence-electron chi connectivity index (χ2n) is 10.3. The van der Waals surface area contributed by atoms with Crippen molar-refractivity contribution in [3.8, 4) is 11.5 Å². The number of hydrogen-bond acceptors (Lipinski definition) is 11. The molecule has 2 unspecified atom stereocenters. The molecule has 0 spiro atoms. The van der Waals surface area contributed by atoms with Crippen molar-refractivity contribution in [3.63, 3.8) is 0 Å². The Kier molecular flexibility index (Phi) is 11.8. The zero-order chi connectivity index (χ0) is 29.4. The number of nitrogens with one attached hydrogen (secondary N) is 2. The van der Waals surface area contributed by atoms with E-state index in [9.17, 15) is 29.5 Å². The number of methoxy groups -OCH3 is 1. The number of hydrogen-bond donors (Lipinski definition) is 5. The average Bonchev–Trinajstić information content (AvgIpc) is 2.92. The molecule has 1 saturated heterocycles. The maximum atomic E-state index is 14.4. The highest BCUT2D eigenvalue weighted by Crippen LogP contribution is 2.49. The van der Waals surface area contributed by atoms with Crippen LogP contribution in [0.1, 0.15) is 52.9 Å². The Morgan fingerprint density at radius 3 is 2.27 bits per heavy atom. The minimum Gasteiger partial charge on any atom is -0.497 e. The summed E-state index contributed by atoms with van der Waals surface area (Å²) in [4.78, 5) is 25.1. The lowest BCUT2D eigenvalue weighted by Gasteiger charge is -2.43. The second kappa shape index (κ2) is 14.6. The molecule has 1 heterocycles. The van der Waals surface area contributed by atoms with E-state index in [1.54, 1.807) is 26.0 Å². The van der Waals surface area contributed by atoms with Crippen LogP contribution in [0, 0.1) is 5.92 Å². The summed E-state index contributed by atoms with van der Waals surface area (Å²) in [5.41, 5.74) is 0. The highest BCUT2D eigenvalue weighted by Gasteiger charge is 2.50. The van der Waals surface area contributed by atoms with Gasteiger partial charge in [0.05, 0.1) is 13.7 Å². The van der Waals surface area contributed by atoms with Crippen molar-refractivity contribution in [1.82, 2.24) is 10.4 Å². The van der Waals surface area contributed by atoms with Gasteiger partial charge in [-0.2, -0.15) is 5.09 Å². The van der Waals surface area contributed by atoms with Crippen LogP contribution in [0.4, 0.5) is 0 Å². The number of ether oxygens (including phenoxy) is 3. The van der Waals surface area contributed by atoms with Crippen molar-refractivity contribution in [2.75, 3.05) is 13.7 Å². The molecular formula is C26H41N2O11P. The Balaban J connectivity index is 1.94. The van der Waals surface area contributed by atoms with Gasteiger partial charge in [0.25, 0.3) is 0 Å². The molecule has 2 fully saturated rings. The molecule has 1 amide bonds. The molecule has 1 aliphatic carbocycles. The molecular weight excluding hydrogens is 547 g/mol. The van der Waals surface area contributed by atoms with Crippen molar-refractivity contribution in [2.24, 2.45) is 5.92 Å². The summed E-state index contributed by atoms with van der Waals surface area (Å²) in [7, 11) is -3.10. The first-order valence-corrected chi connectivity index (χ1v) is 15.0. The van der Waals surface area contributed by atoms with Crippen LogP contribution in [0.15, 0.2) is 24.3 Å². The predicted molar refractivity (Wildman–Crippen MR) is 142 cm³/mol. The van der Waals surface area contributed by atoms with E-state index in [1.165, 1.54) is 26.2 Å². The molecule has 0 radical (unpaired) electrons. The van der Waals surface area contributed by atoms with Crippen molar-refractivity contribution < 1.29 is 52.7 Å². The number of benzene rings is 1. The van der Waals surface area contributed by atoms with E-state index >= 15 is 0 Å². The summed E-state index contributed by atoms with van der Waals surface area (Å²) in [5.74, 6) is -1.06. The van der Waals surface area contributed by atoms with Gasteiger partial charge < -0.3 is 39.4 Å². The summed E-state index contributed by atoms with van der Waals surface area (Å²) in [6.45, 7) is 3.93. The van der Waals surface area contributed by atoms with Crippen LogP contribution < -0.4 is 19.7 Å². The van der Waals surface area contributed by atoms with Gasteiger partial charge in [0, 0.05) is 6.92 Å². The van der Waals surface area contributed by atoms with Gasteiger partial charge in [-0.15, -0.1) is 0 Å². The van der Waals surface area contributed by atoms with Gasteiger partial charge in [-0.3, -0.25) is 14.1 Å². The number of aliphatic hydroxyl groups is 3. The lowest BCUT2D eigenvalue weighted by molar-refractivity contribution is -0.250. The summed E-state index contributed by atoms with van der Waals surface area (Å²) < 4.78 is 42.1. The third-order valence-electron chi connectivity index (χ3n) is 6.84. The van der Waals surface area contributed by atoms with Crippen molar-refractivity contribution in [2.45, 2.75) is 95.7 Å². The smallest absolute Gasteiger partial charge is 0.459 e. The summed E-state index contributed by atoms with van der Waals surface area (Å²) in [6, 6.07) is 3.53. The fraction of sp³-hybridized carbons (Fsp3) is 0.692. The van der Waals surface area contributed by atoms with Crippen molar-refractivity contribution >= 4 is 19.6 Å². The second-order valence-corrected chi connectivity index (χ2v) is 12.0. The van der Waals surface area contributed by atoms with Crippen LogP contribution in [0.5, 0.6) is 11.5 Å². The highest BCUT2D eigenvalue weighted by atomic mass is 31.2. The normalized spacial score (nSPS) is 27.9. The third kappa shape index (κ3) is 8.62. The molecule has 1 aromatic carbocycles. The van der Waals surface area contributed by atoms with E-state index < -0.39 is 68.8 Å². The van der Waals surface area contributed by atoms with E-state index in [0.29, 0.717) is 5.75 Å². The molecule has 40 heavy (non-hydrogen) atoms. The largest absolute Gasteiger partial charge is 0.497 e. The Labute approximate surface area is 234 Å². The fourth-order valence-corrected chi connectivity index (χ4v) is 6.55. The molecule has 14 heteroatoms. The lowest BCUT2D eigenvalue weighted by Crippen LogP contribution is -2.64. The van der Waals surface area contributed by atoms with Gasteiger partial charge in [-0.05, 0) is 55.9 Å². The quantitative estimate of drug-likeness (QED) is 0.176. The Bertz CT molecular complexity index is 1020. The summed E-state index contributed by atoms with van der Waals surface area (Å²) in [5, 5.41) is 36.2. The SMILES string of the molecule is COc1ccc(OP(=O)(NC(C(=O)OC2CCCCC2)C(C)C)O[C@@H]2[C@H](O)[C@@H](CO)O[C@H](O)[C@@H]2NC(C)=O)cc1. The van der Waals surface area contributed by atoms with Gasteiger partial charge in [-0.25, -0.2) is 4.57 Å². The zero-order valence-electron chi connectivity index (χ0n) is 23.2. The standard InChI is InChI=1S/C26H41N2O11P/c1-15(2)21(25(32)36-18-8-6-5-7-9-18)28-40(34,38-19-12-10-17(35-4)11-13-19)39-24-22(27-16(3)30)26(33)37-20(14-29)23(24)31/h10-13,15,18,20-24,26,29,31,33H,5-9,14H2,1-4H3,(H,27,30)(H,28,34)/t20-,21?,22-,23-,24+,26+,40?/m1/s1. The number of amides is 1. The number of carbonyl (C=O) groups excluding carboxylic acids is 2. The van der Waals surface area contributed by atoms with Gasteiger partial charge in [0.2, 0.25) is 5.91 Å². The minimum absolute atomic E-state index is 0.0803. The van der Waals surface area contributed by atoms with Crippen LogP contribution in [-0.4, -0.2) is 83.7 Å². The monoisotopic (exact) mass is 588 g/mol. The van der Waals surface area contributed by atoms with E-state index in [1.807, 2.05) is 0 Å². The van der Waals surface area contributed by atoms with Crippen molar-refractivity contribution in [3.05, 3.63) is 24.3 Å². The number of esters is 1. The van der Waals surface area contributed by atoms with Crippen LogP contribution >= 0.6 is 7.75 Å².